The number of nitrogens with zero attached hydrogens (tertiary/aromatic N) is 4. The summed E-state index contributed by atoms with van der Waals surface area (Å²) in [5.41, 5.74) is 2.33. The number of aromatic nitrogens is 4. The van der Waals surface area contributed by atoms with Crippen molar-refractivity contribution in [3.63, 3.8) is 0 Å². The zero-order valence-electron chi connectivity index (χ0n) is 12.1. The Morgan fingerprint density at radius 3 is 2.70 bits per heavy atom. The summed E-state index contributed by atoms with van der Waals surface area (Å²) in [5.74, 6) is 2.48. The summed E-state index contributed by atoms with van der Waals surface area (Å²) in [4.78, 5) is 18.9. The van der Waals surface area contributed by atoms with Crippen LogP contribution in [-0.2, 0) is 6.54 Å². The molecular weight excluding hydrogens is 250 g/mol. The second-order valence-corrected chi connectivity index (χ2v) is 5.66. The molecule has 1 atom stereocenters. The lowest BCUT2D eigenvalue weighted by atomic mass is 9.97. The lowest BCUT2D eigenvalue weighted by molar-refractivity contribution is 0.196. The molecule has 1 fully saturated rings. The molecule has 20 heavy (non-hydrogen) atoms. The van der Waals surface area contributed by atoms with Crippen LogP contribution in [0.25, 0.3) is 0 Å². The molecule has 0 amide bonds. The van der Waals surface area contributed by atoms with Crippen LogP contribution in [0, 0.1) is 13.8 Å². The summed E-state index contributed by atoms with van der Waals surface area (Å²) in [7, 11) is 0. The molecule has 0 aliphatic carbocycles. The molecule has 3 rings (SSSR count). The van der Waals surface area contributed by atoms with Gasteiger partial charge in [0.2, 0.25) is 0 Å². The van der Waals surface area contributed by atoms with Gasteiger partial charge in [-0.2, -0.15) is 0 Å². The number of rotatable bonds is 3. The SMILES string of the molecule is Cc1ncc(CN2CCCC(c3ncc(C)[nH]3)C2)cn1. The van der Waals surface area contributed by atoms with E-state index in [0.29, 0.717) is 5.92 Å². The first kappa shape index (κ1) is 13.2. The molecule has 2 aromatic heterocycles. The first-order chi connectivity index (χ1) is 9.70. The van der Waals surface area contributed by atoms with E-state index in [0.717, 1.165) is 37.0 Å². The molecule has 1 aliphatic heterocycles. The lowest BCUT2D eigenvalue weighted by Gasteiger charge is -2.31. The average molecular weight is 271 g/mol. The predicted octanol–water partition coefficient (Wildman–Crippen LogP) is 2.20. The minimum absolute atomic E-state index is 0.517. The van der Waals surface area contributed by atoms with Crippen LogP contribution < -0.4 is 0 Å². The van der Waals surface area contributed by atoms with Crippen LogP contribution in [0.3, 0.4) is 0 Å². The van der Waals surface area contributed by atoms with Gasteiger partial charge in [-0.05, 0) is 33.2 Å². The Morgan fingerprint density at radius 1 is 1.20 bits per heavy atom. The van der Waals surface area contributed by atoms with E-state index in [-0.39, 0.29) is 0 Å². The summed E-state index contributed by atoms with van der Waals surface area (Å²) in [6.45, 7) is 7.10. The third-order valence-corrected chi connectivity index (χ3v) is 3.86. The van der Waals surface area contributed by atoms with Crippen LogP contribution in [0.5, 0.6) is 0 Å². The highest BCUT2D eigenvalue weighted by atomic mass is 15.1. The molecule has 1 saturated heterocycles. The van der Waals surface area contributed by atoms with Crippen LogP contribution in [0.4, 0.5) is 0 Å². The zero-order chi connectivity index (χ0) is 13.9. The largest absolute Gasteiger partial charge is 0.346 e. The highest BCUT2D eigenvalue weighted by molar-refractivity contribution is 5.08. The number of hydrogen-bond acceptors (Lipinski definition) is 4. The van der Waals surface area contributed by atoms with E-state index in [1.165, 1.54) is 18.4 Å². The number of imidazole rings is 1. The van der Waals surface area contributed by atoms with Crippen molar-refractivity contribution in [1.82, 2.24) is 24.8 Å². The lowest BCUT2D eigenvalue weighted by Crippen LogP contribution is -2.34. The van der Waals surface area contributed by atoms with Crippen molar-refractivity contribution in [3.8, 4) is 0 Å². The molecule has 1 N–H and O–H groups in total. The minimum atomic E-state index is 0.517. The second-order valence-electron chi connectivity index (χ2n) is 5.66. The summed E-state index contributed by atoms with van der Waals surface area (Å²) < 4.78 is 0. The van der Waals surface area contributed by atoms with E-state index in [1.54, 1.807) is 0 Å². The first-order valence-corrected chi connectivity index (χ1v) is 7.22. The number of likely N-dealkylation sites (tertiary alicyclic amines) is 1. The van der Waals surface area contributed by atoms with Gasteiger partial charge >= 0.3 is 0 Å². The molecule has 0 radical (unpaired) electrons. The number of aromatic amines is 1. The van der Waals surface area contributed by atoms with E-state index in [1.807, 2.05) is 25.5 Å². The highest BCUT2D eigenvalue weighted by Crippen LogP contribution is 2.25. The number of piperidine rings is 1. The van der Waals surface area contributed by atoms with Gasteiger partial charge in [0, 0.05) is 48.9 Å². The van der Waals surface area contributed by atoms with Gasteiger partial charge in [0.05, 0.1) is 0 Å². The van der Waals surface area contributed by atoms with Gasteiger partial charge in [-0.15, -0.1) is 0 Å². The van der Waals surface area contributed by atoms with Crippen LogP contribution in [-0.4, -0.2) is 37.9 Å². The highest BCUT2D eigenvalue weighted by Gasteiger charge is 2.23. The second kappa shape index (κ2) is 5.71. The maximum Gasteiger partial charge on any atom is 0.125 e. The van der Waals surface area contributed by atoms with Crippen LogP contribution in [0.15, 0.2) is 18.6 Å². The predicted molar refractivity (Wildman–Crippen MR) is 77.3 cm³/mol. The monoisotopic (exact) mass is 271 g/mol. The first-order valence-electron chi connectivity index (χ1n) is 7.22. The van der Waals surface area contributed by atoms with Crippen LogP contribution in [0.2, 0.25) is 0 Å². The standard InChI is InChI=1S/C15H21N5/c1-11-6-18-15(19-11)14-4-3-5-20(10-14)9-13-7-16-12(2)17-8-13/h6-8,14H,3-5,9-10H2,1-2H3,(H,18,19). The Morgan fingerprint density at radius 2 is 2.00 bits per heavy atom. The maximum atomic E-state index is 4.49. The Bertz CT molecular complexity index is 560. The minimum Gasteiger partial charge on any atom is -0.346 e. The summed E-state index contributed by atoms with van der Waals surface area (Å²) >= 11 is 0. The molecule has 5 heteroatoms. The summed E-state index contributed by atoms with van der Waals surface area (Å²) in [5, 5.41) is 0. The van der Waals surface area contributed by atoms with Crippen LogP contribution >= 0.6 is 0 Å². The molecule has 1 unspecified atom stereocenters. The number of aryl methyl sites for hydroxylation is 2. The fourth-order valence-electron chi connectivity index (χ4n) is 2.82. The average Bonchev–Trinajstić information content (AvgIpc) is 2.89. The van der Waals surface area contributed by atoms with Gasteiger partial charge in [0.15, 0.2) is 0 Å². The van der Waals surface area contributed by atoms with E-state index in [4.69, 9.17) is 0 Å². The third-order valence-electron chi connectivity index (χ3n) is 3.86. The summed E-state index contributed by atoms with van der Waals surface area (Å²) in [6, 6.07) is 0. The van der Waals surface area contributed by atoms with E-state index >= 15 is 0 Å². The van der Waals surface area contributed by atoms with Gasteiger partial charge in [-0.3, -0.25) is 4.90 Å². The van der Waals surface area contributed by atoms with Gasteiger partial charge < -0.3 is 4.98 Å². The normalized spacial score (nSPS) is 20.2. The van der Waals surface area contributed by atoms with Crippen molar-refractivity contribution in [2.45, 2.75) is 39.2 Å². The van der Waals surface area contributed by atoms with E-state index in [2.05, 4.69) is 31.8 Å². The van der Waals surface area contributed by atoms with Gasteiger partial charge in [-0.1, -0.05) is 0 Å². The topological polar surface area (TPSA) is 57.7 Å². The fraction of sp³-hybridized carbons (Fsp3) is 0.533. The Hall–Kier alpha value is -1.75. The Balaban J connectivity index is 1.64. The Labute approximate surface area is 119 Å². The summed E-state index contributed by atoms with van der Waals surface area (Å²) in [6.07, 6.45) is 8.22. The zero-order valence-corrected chi connectivity index (χ0v) is 12.1. The van der Waals surface area contributed by atoms with E-state index in [9.17, 15) is 0 Å². The number of nitrogens with one attached hydrogen (secondary N) is 1. The maximum absolute atomic E-state index is 4.49. The quantitative estimate of drug-likeness (QED) is 0.929. The molecule has 1 aliphatic rings. The van der Waals surface area contributed by atoms with Crippen molar-refractivity contribution in [3.05, 3.63) is 41.5 Å². The van der Waals surface area contributed by atoms with Crippen LogP contribution in [0.1, 0.15) is 41.7 Å². The van der Waals surface area contributed by atoms with Crippen molar-refractivity contribution < 1.29 is 0 Å². The third kappa shape index (κ3) is 3.04. The molecule has 5 nitrogen and oxygen atoms in total. The molecule has 106 valence electrons. The molecule has 0 saturated carbocycles. The van der Waals surface area contributed by atoms with E-state index < -0.39 is 0 Å². The van der Waals surface area contributed by atoms with Gasteiger partial charge in [-0.25, -0.2) is 15.0 Å². The smallest absolute Gasteiger partial charge is 0.125 e. The molecular formula is C15H21N5. The van der Waals surface area contributed by atoms with Crippen molar-refractivity contribution in [2.75, 3.05) is 13.1 Å². The fourth-order valence-corrected chi connectivity index (χ4v) is 2.82. The number of H-pyrrole nitrogens is 1. The Kier molecular flexibility index (Phi) is 3.78. The number of hydrogen-bond donors (Lipinski definition) is 1. The molecule has 3 heterocycles. The molecule has 0 bridgehead atoms. The van der Waals surface area contributed by atoms with Gasteiger partial charge in [0.1, 0.15) is 11.6 Å². The van der Waals surface area contributed by atoms with Crippen molar-refractivity contribution in [2.24, 2.45) is 0 Å². The van der Waals surface area contributed by atoms with Crippen molar-refractivity contribution >= 4 is 0 Å². The van der Waals surface area contributed by atoms with Crippen molar-refractivity contribution in [1.29, 1.82) is 0 Å². The van der Waals surface area contributed by atoms with Gasteiger partial charge in [0.25, 0.3) is 0 Å². The molecule has 0 aromatic carbocycles. The molecule has 0 spiro atoms. The molecule has 2 aromatic rings.